The second-order valence-electron chi connectivity index (χ2n) is 8.66. The number of aromatic nitrogens is 2. The average Bonchev–Trinajstić information content (AvgIpc) is 3.53. The van der Waals surface area contributed by atoms with Crippen molar-refractivity contribution >= 4 is 15.9 Å². The Morgan fingerprint density at radius 3 is 2.37 bits per heavy atom. The standard InChI is InChI=1S/C27H26N4O3S/c32-27(22-10-14-25(15-11-22)35(33,34)30-24-12-13-24)28-18-23-4-1-2-5-26(23)21-8-6-20(7-9-21)19-31-17-3-16-29-31/h1-11,14-17,24,30H,12-13,18-19H2,(H,28,32). The van der Waals surface area contributed by atoms with Crippen molar-refractivity contribution in [3.8, 4) is 11.1 Å². The summed E-state index contributed by atoms with van der Waals surface area (Å²) >= 11 is 0. The van der Waals surface area contributed by atoms with E-state index in [1.807, 2.05) is 41.2 Å². The van der Waals surface area contributed by atoms with Crippen molar-refractivity contribution in [2.24, 2.45) is 0 Å². The first kappa shape index (κ1) is 23.0. The van der Waals surface area contributed by atoms with Gasteiger partial charge < -0.3 is 5.32 Å². The molecule has 35 heavy (non-hydrogen) atoms. The molecule has 0 spiro atoms. The van der Waals surface area contributed by atoms with Gasteiger partial charge in [-0.05, 0) is 65.4 Å². The monoisotopic (exact) mass is 486 g/mol. The summed E-state index contributed by atoms with van der Waals surface area (Å²) in [5, 5.41) is 7.20. The van der Waals surface area contributed by atoms with E-state index in [0.717, 1.165) is 35.1 Å². The molecule has 1 fully saturated rings. The van der Waals surface area contributed by atoms with Crippen LogP contribution in [0.1, 0.15) is 34.3 Å². The number of hydrogen-bond donors (Lipinski definition) is 2. The van der Waals surface area contributed by atoms with Crippen LogP contribution in [0, 0.1) is 0 Å². The molecule has 0 atom stereocenters. The molecule has 4 aromatic rings. The van der Waals surface area contributed by atoms with E-state index in [1.165, 1.54) is 12.1 Å². The van der Waals surface area contributed by atoms with Gasteiger partial charge in [0.05, 0.1) is 11.4 Å². The van der Waals surface area contributed by atoms with Crippen LogP contribution in [-0.4, -0.2) is 30.1 Å². The van der Waals surface area contributed by atoms with Crippen LogP contribution in [0.2, 0.25) is 0 Å². The van der Waals surface area contributed by atoms with Crippen LogP contribution >= 0.6 is 0 Å². The second kappa shape index (κ2) is 9.85. The van der Waals surface area contributed by atoms with Crippen molar-refractivity contribution < 1.29 is 13.2 Å². The van der Waals surface area contributed by atoms with Crippen molar-refractivity contribution in [1.82, 2.24) is 19.8 Å². The molecule has 1 amide bonds. The van der Waals surface area contributed by atoms with Gasteiger partial charge in [-0.2, -0.15) is 5.10 Å². The summed E-state index contributed by atoms with van der Waals surface area (Å²) in [4.78, 5) is 12.9. The molecule has 1 aliphatic rings. The molecular weight excluding hydrogens is 460 g/mol. The Hall–Kier alpha value is -3.75. The molecule has 1 heterocycles. The van der Waals surface area contributed by atoms with Crippen LogP contribution in [0.3, 0.4) is 0 Å². The Kier molecular flexibility index (Phi) is 6.48. The first-order chi connectivity index (χ1) is 17.0. The van der Waals surface area contributed by atoms with E-state index in [1.54, 1.807) is 18.3 Å². The number of rotatable bonds is 9. The summed E-state index contributed by atoms with van der Waals surface area (Å²) in [6.07, 6.45) is 5.44. The van der Waals surface area contributed by atoms with Crippen LogP contribution in [0.25, 0.3) is 11.1 Å². The number of hydrogen-bond acceptors (Lipinski definition) is 4. The third-order valence-corrected chi connectivity index (χ3v) is 7.49. The zero-order valence-corrected chi connectivity index (χ0v) is 19.9. The molecule has 1 aromatic heterocycles. The van der Waals surface area contributed by atoms with Crippen molar-refractivity contribution in [3.63, 3.8) is 0 Å². The largest absolute Gasteiger partial charge is 0.348 e. The molecule has 1 aliphatic carbocycles. The fraction of sp³-hybridized carbons (Fsp3) is 0.185. The molecule has 0 bridgehead atoms. The predicted octanol–water partition coefficient (Wildman–Crippen LogP) is 3.97. The lowest BCUT2D eigenvalue weighted by molar-refractivity contribution is 0.0951. The number of nitrogens with one attached hydrogen (secondary N) is 2. The van der Waals surface area contributed by atoms with Crippen molar-refractivity contribution in [3.05, 3.63) is 108 Å². The van der Waals surface area contributed by atoms with Gasteiger partial charge in [-0.15, -0.1) is 0 Å². The van der Waals surface area contributed by atoms with E-state index in [-0.39, 0.29) is 16.8 Å². The highest BCUT2D eigenvalue weighted by atomic mass is 32.2. The van der Waals surface area contributed by atoms with Crippen molar-refractivity contribution in [1.29, 1.82) is 0 Å². The number of amides is 1. The minimum atomic E-state index is -3.54. The van der Waals surface area contributed by atoms with Crippen LogP contribution in [-0.2, 0) is 23.1 Å². The molecule has 5 rings (SSSR count). The number of sulfonamides is 1. The summed E-state index contributed by atoms with van der Waals surface area (Å²) in [6, 6.07) is 24.2. The first-order valence-corrected chi connectivity index (χ1v) is 13.0. The lowest BCUT2D eigenvalue weighted by Gasteiger charge is -2.12. The molecule has 0 radical (unpaired) electrons. The molecule has 8 heteroatoms. The highest BCUT2D eigenvalue weighted by Gasteiger charge is 2.28. The molecular formula is C27H26N4O3S. The lowest BCUT2D eigenvalue weighted by Crippen LogP contribution is -2.26. The van der Waals surface area contributed by atoms with Gasteiger partial charge in [0.25, 0.3) is 5.91 Å². The number of nitrogens with zero attached hydrogens (tertiary/aromatic N) is 2. The van der Waals surface area contributed by atoms with Crippen LogP contribution in [0.5, 0.6) is 0 Å². The zero-order chi connectivity index (χ0) is 24.3. The fourth-order valence-electron chi connectivity index (χ4n) is 3.88. The van der Waals surface area contributed by atoms with Gasteiger partial charge in [0.15, 0.2) is 0 Å². The van der Waals surface area contributed by atoms with Crippen LogP contribution in [0.4, 0.5) is 0 Å². The minimum Gasteiger partial charge on any atom is -0.348 e. The van der Waals surface area contributed by atoms with Gasteiger partial charge in [0.2, 0.25) is 10.0 Å². The minimum absolute atomic E-state index is 0.0376. The van der Waals surface area contributed by atoms with Crippen LogP contribution < -0.4 is 10.0 Å². The Bertz CT molecular complexity index is 1410. The summed E-state index contributed by atoms with van der Waals surface area (Å²) in [5.41, 5.74) is 4.67. The van der Waals surface area contributed by atoms with Crippen molar-refractivity contribution in [2.75, 3.05) is 0 Å². The van der Waals surface area contributed by atoms with Gasteiger partial charge >= 0.3 is 0 Å². The van der Waals surface area contributed by atoms with Gasteiger partial charge in [-0.25, -0.2) is 13.1 Å². The summed E-state index contributed by atoms with van der Waals surface area (Å²) in [6.45, 7) is 1.06. The average molecular weight is 487 g/mol. The Balaban J connectivity index is 1.24. The molecule has 7 nitrogen and oxygen atoms in total. The van der Waals surface area contributed by atoms with E-state index in [4.69, 9.17) is 0 Å². The molecule has 3 aromatic carbocycles. The highest BCUT2D eigenvalue weighted by Crippen LogP contribution is 2.25. The van der Waals surface area contributed by atoms with Crippen molar-refractivity contribution in [2.45, 2.75) is 36.9 Å². The zero-order valence-electron chi connectivity index (χ0n) is 19.1. The van der Waals surface area contributed by atoms with Gasteiger partial charge in [-0.1, -0.05) is 48.5 Å². The van der Waals surface area contributed by atoms with E-state index in [9.17, 15) is 13.2 Å². The highest BCUT2D eigenvalue weighted by molar-refractivity contribution is 7.89. The quantitative estimate of drug-likeness (QED) is 0.374. The SMILES string of the molecule is O=C(NCc1ccccc1-c1ccc(Cn2cccn2)cc1)c1ccc(S(=O)(=O)NC2CC2)cc1. The molecule has 1 saturated carbocycles. The van der Waals surface area contributed by atoms with E-state index >= 15 is 0 Å². The molecule has 0 unspecified atom stereocenters. The summed E-state index contributed by atoms with van der Waals surface area (Å²) < 4.78 is 29.2. The number of benzene rings is 3. The van der Waals surface area contributed by atoms with Gasteiger partial charge in [0, 0.05) is 30.5 Å². The maximum Gasteiger partial charge on any atom is 0.251 e. The van der Waals surface area contributed by atoms with Crippen LogP contribution in [0.15, 0.2) is 96.2 Å². The maximum atomic E-state index is 12.7. The Labute approximate surface area is 204 Å². The smallest absolute Gasteiger partial charge is 0.251 e. The topological polar surface area (TPSA) is 93.1 Å². The molecule has 178 valence electrons. The molecule has 0 saturated heterocycles. The Morgan fingerprint density at radius 1 is 0.943 bits per heavy atom. The van der Waals surface area contributed by atoms with Gasteiger partial charge in [0.1, 0.15) is 0 Å². The number of carbonyl (C=O) groups is 1. The Morgan fingerprint density at radius 2 is 1.69 bits per heavy atom. The van der Waals surface area contributed by atoms with E-state index in [0.29, 0.717) is 18.7 Å². The third-order valence-electron chi connectivity index (χ3n) is 5.95. The normalized spacial score (nSPS) is 13.5. The molecule has 2 N–H and O–H groups in total. The summed E-state index contributed by atoms with van der Waals surface area (Å²) in [5.74, 6) is -0.256. The van der Waals surface area contributed by atoms with E-state index < -0.39 is 10.0 Å². The summed E-state index contributed by atoms with van der Waals surface area (Å²) in [7, 11) is -3.54. The van der Waals surface area contributed by atoms with Gasteiger partial charge in [-0.3, -0.25) is 9.48 Å². The molecule has 0 aliphatic heterocycles. The lowest BCUT2D eigenvalue weighted by atomic mass is 9.98. The van der Waals surface area contributed by atoms with E-state index in [2.05, 4.69) is 39.4 Å². The first-order valence-electron chi connectivity index (χ1n) is 11.5. The third kappa shape index (κ3) is 5.67. The second-order valence-corrected chi connectivity index (χ2v) is 10.4. The predicted molar refractivity (Wildman–Crippen MR) is 134 cm³/mol. The maximum absolute atomic E-state index is 12.7. The number of carbonyl (C=O) groups excluding carboxylic acids is 1. The fourth-order valence-corrected chi connectivity index (χ4v) is 5.18.